The average Bonchev–Trinajstić information content (AvgIpc) is 2.83. The molecule has 19 heavy (non-hydrogen) atoms. The summed E-state index contributed by atoms with van der Waals surface area (Å²) in [5, 5.41) is 4.73. The van der Waals surface area contributed by atoms with E-state index in [1.165, 1.54) is 15.6 Å². The van der Waals surface area contributed by atoms with E-state index in [0.29, 0.717) is 0 Å². The van der Waals surface area contributed by atoms with E-state index in [-0.39, 0.29) is 5.54 Å². The largest absolute Gasteiger partial charge is 0.314 e. The van der Waals surface area contributed by atoms with Crippen LogP contribution >= 0.6 is 11.3 Å². The molecule has 0 aromatic carbocycles. The summed E-state index contributed by atoms with van der Waals surface area (Å²) in [4.78, 5) is 11.4. The molecule has 2 aliphatic heterocycles. The summed E-state index contributed by atoms with van der Waals surface area (Å²) < 4.78 is 0. The van der Waals surface area contributed by atoms with Crippen molar-refractivity contribution in [3.05, 3.63) is 15.6 Å². The summed E-state index contributed by atoms with van der Waals surface area (Å²) in [6.07, 6.45) is 1.11. The van der Waals surface area contributed by atoms with Gasteiger partial charge in [-0.25, -0.2) is 4.98 Å². The van der Waals surface area contributed by atoms with E-state index < -0.39 is 0 Å². The SMILES string of the molecule is CN1CCc2nc(C(C)(C)N3CCNCC3)sc2C1. The molecule has 1 fully saturated rings. The van der Waals surface area contributed by atoms with Crippen LogP contribution in [0.2, 0.25) is 0 Å². The summed E-state index contributed by atoms with van der Waals surface area (Å²) in [6.45, 7) is 11.3. The third-order valence-electron chi connectivity index (χ3n) is 4.35. The van der Waals surface area contributed by atoms with Gasteiger partial charge >= 0.3 is 0 Å². The zero-order valence-electron chi connectivity index (χ0n) is 12.2. The lowest BCUT2D eigenvalue weighted by molar-refractivity contribution is 0.102. The molecule has 0 unspecified atom stereocenters. The maximum atomic E-state index is 4.96. The highest BCUT2D eigenvalue weighted by atomic mass is 32.1. The van der Waals surface area contributed by atoms with Crippen LogP contribution in [-0.2, 0) is 18.5 Å². The minimum absolute atomic E-state index is 0.0721. The molecule has 2 aliphatic rings. The van der Waals surface area contributed by atoms with Gasteiger partial charge in [0.2, 0.25) is 0 Å². The fourth-order valence-electron chi connectivity index (χ4n) is 2.94. The summed E-state index contributed by atoms with van der Waals surface area (Å²) in [5.74, 6) is 0. The molecular weight excluding hydrogens is 256 g/mol. The monoisotopic (exact) mass is 280 g/mol. The zero-order chi connectivity index (χ0) is 13.5. The first-order chi connectivity index (χ1) is 9.07. The van der Waals surface area contributed by atoms with Gasteiger partial charge in [0.05, 0.1) is 11.2 Å². The molecule has 1 aromatic rings. The Morgan fingerprint density at radius 1 is 1.21 bits per heavy atom. The normalized spacial score (nSPS) is 22.5. The molecule has 0 spiro atoms. The van der Waals surface area contributed by atoms with Crippen molar-refractivity contribution < 1.29 is 0 Å². The molecule has 3 rings (SSSR count). The highest BCUT2D eigenvalue weighted by Crippen LogP contribution is 2.34. The predicted molar refractivity (Wildman–Crippen MR) is 79.6 cm³/mol. The zero-order valence-corrected chi connectivity index (χ0v) is 13.0. The van der Waals surface area contributed by atoms with Crippen molar-refractivity contribution >= 4 is 11.3 Å². The summed E-state index contributed by atoms with van der Waals surface area (Å²) >= 11 is 1.92. The van der Waals surface area contributed by atoms with Gasteiger partial charge in [-0.2, -0.15) is 0 Å². The second-order valence-corrected chi connectivity index (χ2v) is 7.26. The van der Waals surface area contributed by atoms with E-state index >= 15 is 0 Å². The van der Waals surface area contributed by atoms with Crippen LogP contribution in [0.15, 0.2) is 0 Å². The number of fused-ring (bicyclic) bond motifs is 1. The Kier molecular flexibility index (Phi) is 3.64. The molecule has 0 saturated carbocycles. The third kappa shape index (κ3) is 2.57. The Bertz CT molecular complexity index is 448. The number of rotatable bonds is 2. The van der Waals surface area contributed by atoms with Crippen LogP contribution in [0.1, 0.15) is 29.4 Å². The van der Waals surface area contributed by atoms with Crippen molar-refractivity contribution in [1.29, 1.82) is 0 Å². The third-order valence-corrected chi connectivity index (χ3v) is 5.75. The molecule has 5 heteroatoms. The van der Waals surface area contributed by atoms with Gasteiger partial charge < -0.3 is 10.2 Å². The van der Waals surface area contributed by atoms with Crippen LogP contribution in [0.5, 0.6) is 0 Å². The lowest BCUT2D eigenvalue weighted by Gasteiger charge is -2.39. The van der Waals surface area contributed by atoms with E-state index in [4.69, 9.17) is 4.98 Å². The van der Waals surface area contributed by atoms with Crippen LogP contribution in [0.25, 0.3) is 0 Å². The summed E-state index contributed by atoms with van der Waals surface area (Å²) in [6, 6.07) is 0. The topological polar surface area (TPSA) is 31.4 Å². The first kappa shape index (κ1) is 13.5. The lowest BCUT2D eigenvalue weighted by Crippen LogP contribution is -2.51. The van der Waals surface area contributed by atoms with Crippen molar-refractivity contribution in [2.24, 2.45) is 0 Å². The molecule has 3 heterocycles. The highest BCUT2D eigenvalue weighted by Gasteiger charge is 2.34. The molecule has 1 N–H and O–H groups in total. The maximum Gasteiger partial charge on any atom is 0.113 e. The minimum atomic E-state index is 0.0721. The van der Waals surface area contributed by atoms with Crippen molar-refractivity contribution in [3.63, 3.8) is 0 Å². The second-order valence-electron chi connectivity index (χ2n) is 6.17. The van der Waals surface area contributed by atoms with Gasteiger partial charge in [-0.15, -0.1) is 11.3 Å². The molecule has 106 valence electrons. The number of aromatic nitrogens is 1. The lowest BCUT2D eigenvalue weighted by atomic mass is 10.0. The Morgan fingerprint density at radius 3 is 2.68 bits per heavy atom. The number of nitrogens with zero attached hydrogens (tertiary/aromatic N) is 3. The smallest absolute Gasteiger partial charge is 0.113 e. The van der Waals surface area contributed by atoms with E-state index in [9.17, 15) is 0 Å². The molecular formula is C14H24N4S. The number of likely N-dealkylation sites (N-methyl/N-ethyl adjacent to an activating group) is 1. The van der Waals surface area contributed by atoms with Gasteiger partial charge in [0, 0.05) is 50.6 Å². The first-order valence-electron chi connectivity index (χ1n) is 7.21. The van der Waals surface area contributed by atoms with Gasteiger partial charge in [0.1, 0.15) is 5.01 Å². The van der Waals surface area contributed by atoms with Crippen molar-refractivity contribution in [2.75, 3.05) is 39.8 Å². The quantitative estimate of drug-likeness (QED) is 0.884. The van der Waals surface area contributed by atoms with Gasteiger partial charge in [-0.05, 0) is 20.9 Å². The molecule has 0 bridgehead atoms. The molecule has 1 saturated heterocycles. The van der Waals surface area contributed by atoms with Crippen LogP contribution in [-0.4, -0.2) is 54.6 Å². The maximum absolute atomic E-state index is 4.96. The van der Waals surface area contributed by atoms with E-state index in [1.807, 2.05) is 11.3 Å². The predicted octanol–water partition coefficient (Wildman–Crippen LogP) is 1.27. The number of piperazine rings is 1. The number of hydrogen-bond donors (Lipinski definition) is 1. The Labute approximate surface area is 119 Å². The molecule has 0 radical (unpaired) electrons. The van der Waals surface area contributed by atoms with Crippen molar-refractivity contribution in [2.45, 2.75) is 32.4 Å². The standard InChI is InChI=1S/C14H24N4S/c1-14(2,18-8-5-15-6-9-18)13-16-11-4-7-17(3)10-12(11)19-13/h15H,4-10H2,1-3H3. The van der Waals surface area contributed by atoms with Crippen molar-refractivity contribution in [1.82, 2.24) is 20.1 Å². The van der Waals surface area contributed by atoms with Gasteiger partial charge in [0.25, 0.3) is 0 Å². The van der Waals surface area contributed by atoms with Gasteiger partial charge in [-0.1, -0.05) is 0 Å². The fraction of sp³-hybridized carbons (Fsp3) is 0.786. The van der Waals surface area contributed by atoms with Crippen LogP contribution in [0.3, 0.4) is 0 Å². The molecule has 1 aromatic heterocycles. The van der Waals surface area contributed by atoms with Crippen LogP contribution in [0, 0.1) is 0 Å². The number of nitrogens with one attached hydrogen (secondary N) is 1. The fourth-order valence-corrected chi connectivity index (χ4v) is 4.26. The van der Waals surface area contributed by atoms with Gasteiger partial charge in [0.15, 0.2) is 0 Å². The van der Waals surface area contributed by atoms with E-state index in [1.54, 1.807) is 0 Å². The molecule has 0 atom stereocenters. The van der Waals surface area contributed by atoms with E-state index in [0.717, 1.165) is 45.7 Å². The number of hydrogen-bond acceptors (Lipinski definition) is 5. The Morgan fingerprint density at radius 2 is 1.95 bits per heavy atom. The summed E-state index contributed by atoms with van der Waals surface area (Å²) in [7, 11) is 2.20. The average molecular weight is 280 g/mol. The summed E-state index contributed by atoms with van der Waals surface area (Å²) in [5.41, 5.74) is 1.42. The van der Waals surface area contributed by atoms with Crippen LogP contribution in [0.4, 0.5) is 0 Å². The minimum Gasteiger partial charge on any atom is -0.314 e. The number of thiazole rings is 1. The van der Waals surface area contributed by atoms with Crippen molar-refractivity contribution in [3.8, 4) is 0 Å². The Hall–Kier alpha value is -0.490. The van der Waals surface area contributed by atoms with Gasteiger partial charge in [-0.3, -0.25) is 4.90 Å². The van der Waals surface area contributed by atoms with E-state index in [2.05, 4.69) is 36.0 Å². The highest BCUT2D eigenvalue weighted by molar-refractivity contribution is 7.11. The Balaban J connectivity index is 1.84. The second kappa shape index (κ2) is 5.13. The molecule has 0 aliphatic carbocycles. The molecule has 4 nitrogen and oxygen atoms in total. The molecule has 0 amide bonds. The first-order valence-corrected chi connectivity index (χ1v) is 8.02. The van der Waals surface area contributed by atoms with Crippen LogP contribution < -0.4 is 5.32 Å².